The Hall–Kier alpha value is -1.69. The predicted octanol–water partition coefficient (Wildman–Crippen LogP) is 5.03. The lowest BCUT2D eigenvalue weighted by Crippen LogP contribution is -2.49. The molecule has 2 amide bonds. The number of nitrogens with one attached hydrogen (secondary N) is 1. The monoisotopic (exact) mass is 438 g/mol. The van der Waals surface area contributed by atoms with E-state index >= 15 is 0 Å². The highest BCUT2D eigenvalue weighted by molar-refractivity contribution is 8.00. The molecular weight excluding hydrogens is 415 g/mol. The van der Waals surface area contributed by atoms with Gasteiger partial charge in [0.2, 0.25) is 11.8 Å². The fourth-order valence-electron chi connectivity index (χ4n) is 2.58. The minimum Gasteiger partial charge on any atom is -0.352 e. The first kappa shape index (κ1) is 22.6. The van der Waals surface area contributed by atoms with E-state index in [-0.39, 0.29) is 23.6 Å². The van der Waals surface area contributed by atoms with Crippen molar-refractivity contribution >= 4 is 46.8 Å². The van der Waals surface area contributed by atoms with Crippen LogP contribution in [-0.4, -0.2) is 34.6 Å². The SMILES string of the molecule is CC(C)NC(=O)[C@H](C)N(Cc1cccc(Cl)c1)C(=O)CSc1ccc(Cl)cc1. The quantitative estimate of drug-likeness (QED) is 0.587. The highest BCUT2D eigenvalue weighted by Crippen LogP contribution is 2.22. The van der Waals surface area contributed by atoms with Crippen LogP contribution in [-0.2, 0) is 16.1 Å². The third-order valence-corrected chi connectivity index (χ3v) is 5.50. The van der Waals surface area contributed by atoms with Crippen molar-refractivity contribution in [3.05, 3.63) is 64.1 Å². The molecule has 0 unspecified atom stereocenters. The zero-order valence-electron chi connectivity index (χ0n) is 16.1. The Bertz CT molecular complexity index is 812. The van der Waals surface area contributed by atoms with Crippen LogP contribution < -0.4 is 5.32 Å². The normalized spacial score (nSPS) is 11.9. The molecule has 28 heavy (non-hydrogen) atoms. The summed E-state index contributed by atoms with van der Waals surface area (Å²) in [7, 11) is 0. The lowest BCUT2D eigenvalue weighted by Gasteiger charge is -2.29. The Balaban J connectivity index is 2.14. The van der Waals surface area contributed by atoms with Gasteiger partial charge in [0, 0.05) is 27.5 Å². The van der Waals surface area contributed by atoms with Gasteiger partial charge in [-0.25, -0.2) is 0 Å². The first-order valence-electron chi connectivity index (χ1n) is 8.99. The zero-order valence-corrected chi connectivity index (χ0v) is 18.4. The van der Waals surface area contributed by atoms with E-state index in [1.165, 1.54) is 11.8 Å². The molecule has 0 saturated heterocycles. The molecule has 0 bridgehead atoms. The average molecular weight is 439 g/mol. The van der Waals surface area contributed by atoms with Crippen molar-refractivity contribution in [2.75, 3.05) is 5.75 Å². The number of rotatable bonds is 8. The minimum absolute atomic E-state index is 0.00140. The maximum atomic E-state index is 13.0. The Morgan fingerprint density at radius 1 is 1.04 bits per heavy atom. The van der Waals surface area contributed by atoms with Crippen LogP contribution in [0.3, 0.4) is 0 Å². The minimum atomic E-state index is -0.598. The Kier molecular flexibility index (Phi) is 8.67. The lowest BCUT2D eigenvalue weighted by atomic mass is 10.1. The smallest absolute Gasteiger partial charge is 0.242 e. The van der Waals surface area contributed by atoms with Crippen LogP contribution in [0.25, 0.3) is 0 Å². The second-order valence-corrected chi connectivity index (χ2v) is 8.66. The van der Waals surface area contributed by atoms with Crippen LogP contribution in [0.5, 0.6) is 0 Å². The zero-order chi connectivity index (χ0) is 20.7. The summed E-state index contributed by atoms with van der Waals surface area (Å²) in [6.07, 6.45) is 0. The Morgan fingerprint density at radius 3 is 2.32 bits per heavy atom. The van der Waals surface area contributed by atoms with Crippen LogP contribution >= 0.6 is 35.0 Å². The van der Waals surface area contributed by atoms with Gasteiger partial charge >= 0.3 is 0 Å². The molecule has 1 N–H and O–H groups in total. The molecule has 2 aromatic carbocycles. The molecule has 1 atom stereocenters. The van der Waals surface area contributed by atoms with Crippen molar-refractivity contribution in [2.45, 2.75) is 44.3 Å². The van der Waals surface area contributed by atoms with E-state index < -0.39 is 6.04 Å². The maximum absolute atomic E-state index is 13.0. The van der Waals surface area contributed by atoms with Crippen molar-refractivity contribution < 1.29 is 9.59 Å². The number of amides is 2. The van der Waals surface area contributed by atoms with Gasteiger partial charge in [-0.15, -0.1) is 11.8 Å². The van der Waals surface area contributed by atoms with Gasteiger partial charge in [0.1, 0.15) is 6.04 Å². The lowest BCUT2D eigenvalue weighted by molar-refractivity contribution is -0.138. The molecule has 0 spiro atoms. The van der Waals surface area contributed by atoms with E-state index in [1.54, 1.807) is 36.1 Å². The first-order chi connectivity index (χ1) is 13.3. The van der Waals surface area contributed by atoms with E-state index in [0.717, 1.165) is 10.5 Å². The molecule has 0 aliphatic rings. The summed E-state index contributed by atoms with van der Waals surface area (Å²) < 4.78 is 0. The summed E-state index contributed by atoms with van der Waals surface area (Å²) in [5.74, 6) is -0.0743. The van der Waals surface area contributed by atoms with Gasteiger partial charge in [-0.1, -0.05) is 35.3 Å². The second kappa shape index (κ2) is 10.7. The molecule has 4 nitrogen and oxygen atoms in total. The number of benzene rings is 2. The molecule has 0 aliphatic heterocycles. The van der Waals surface area contributed by atoms with Crippen LogP contribution in [0.15, 0.2) is 53.4 Å². The standard InChI is InChI=1S/C21H24Cl2N2O2S/c1-14(2)24-21(27)15(3)25(12-16-5-4-6-18(23)11-16)20(26)13-28-19-9-7-17(22)8-10-19/h4-11,14-15H,12-13H2,1-3H3,(H,24,27)/t15-/m0/s1. The Labute approximate surface area is 180 Å². The topological polar surface area (TPSA) is 49.4 Å². The number of carbonyl (C=O) groups is 2. The molecule has 0 aromatic heterocycles. The first-order valence-corrected chi connectivity index (χ1v) is 10.7. The number of hydrogen-bond donors (Lipinski definition) is 1. The van der Waals surface area contributed by atoms with Gasteiger partial charge in [0.25, 0.3) is 0 Å². The highest BCUT2D eigenvalue weighted by Gasteiger charge is 2.26. The molecule has 150 valence electrons. The largest absolute Gasteiger partial charge is 0.352 e. The van der Waals surface area contributed by atoms with Crippen LogP contribution in [0.1, 0.15) is 26.3 Å². The summed E-state index contributed by atoms with van der Waals surface area (Å²) >= 11 is 13.4. The van der Waals surface area contributed by atoms with Crippen molar-refractivity contribution in [1.29, 1.82) is 0 Å². The van der Waals surface area contributed by atoms with Gasteiger partial charge in [-0.05, 0) is 62.7 Å². The third kappa shape index (κ3) is 7.04. The molecule has 2 rings (SSSR count). The van der Waals surface area contributed by atoms with E-state index in [2.05, 4.69) is 5.32 Å². The number of thioether (sulfide) groups is 1. The molecule has 0 heterocycles. The third-order valence-electron chi connectivity index (χ3n) is 4.02. The predicted molar refractivity (Wildman–Crippen MR) is 117 cm³/mol. The summed E-state index contributed by atoms with van der Waals surface area (Å²) in [6, 6.07) is 14.0. The highest BCUT2D eigenvalue weighted by atomic mass is 35.5. The molecule has 2 aromatic rings. The summed E-state index contributed by atoms with van der Waals surface area (Å²) in [5.41, 5.74) is 0.876. The van der Waals surface area contributed by atoms with Crippen LogP contribution in [0.2, 0.25) is 10.0 Å². The molecule has 0 aliphatic carbocycles. The molecule has 0 radical (unpaired) electrons. The summed E-state index contributed by atoms with van der Waals surface area (Å²) in [4.78, 5) is 28.0. The fraction of sp³-hybridized carbons (Fsp3) is 0.333. The van der Waals surface area contributed by atoms with Crippen LogP contribution in [0, 0.1) is 0 Å². The van der Waals surface area contributed by atoms with Crippen molar-refractivity contribution in [1.82, 2.24) is 10.2 Å². The maximum Gasteiger partial charge on any atom is 0.242 e. The molecule has 0 saturated carbocycles. The van der Waals surface area contributed by atoms with Gasteiger partial charge in [-0.2, -0.15) is 0 Å². The van der Waals surface area contributed by atoms with Gasteiger partial charge in [0.05, 0.1) is 5.75 Å². The van der Waals surface area contributed by atoms with Crippen LogP contribution in [0.4, 0.5) is 0 Å². The average Bonchev–Trinajstić information content (AvgIpc) is 2.64. The number of carbonyl (C=O) groups excluding carboxylic acids is 2. The van der Waals surface area contributed by atoms with Gasteiger partial charge in [0.15, 0.2) is 0 Å². The number of hydrogen-bond acceptors (Lipinski definition) is 3. The van der Waals surface area contributed by atoms with Crippen molar-refractivity contribution in [3.8, 4) is 0 Å². The van der Waals surface area contributed by atoms with Gasteiger partial charge < -0.3 is 10.2 Å². The van der Waals surface area contributed by atoms with E-state index in [1.807, 2.05) is 38.1 Å². The summed E-state index contributed by atoms with van der Waals surface area (Å²) in [5, 5.41) is 4.12. The number of nitrogens with zero attached hydrogens (tertiary/aromatic N) is 1. The number of halogens is 2. The molecule has 0 fully saturated rings. The van der Waals surface area contributed by atoms with E-state index in [9.17, 15) is 9.59 Å². The van der Waals surface area contributed by atoms with Gasteiger partial charge in [-0.3, -0.25) is 9.59 Å². The molecule has 7 heteroatoms. The fourth-order valence-corrected chi connectivity index (χ4v) is 3.70. The van der Waals surface area contributed by atoms with E-state index in [0.29, 0.717) is 16.6 Å². The molecular formula is C21H24Cl2N2O2S. The van der Waals surface area contributed by atoms with Crippen molar-refractivity contribution in [2.24, 2.45) is 0 Å². The Morgan fingerprint density at radius 2 is 1.71 bits per heavy atom. The second-order valence-electron chi connectivity index (χ2n) is 6.73. The van der Waals surface area contributed by atoms with Crippen molar-refractivity contribution in [3.63, 3.8) is 0 Å². The summed E-state index contributed by atoms with van der Waals surface area (Å²) in [6.45, 7) is 5.84. The van der Waals surface area contributed by atoms with E-state index in [4.69, 9.17) is 23.2 Å².